The number of rotatable bonds is 17. The number of carbonyl (C=O) groups excluding carboxylic acids is 1. The maximum absolute atomic E-state index is 15.1. The normalized spacial score (nSPS) is 22.9. The van der Waals surface area contributed by atoms with Crippen molar-refractivity contribution in [3.05, 3.63) is 106 Å². The van der Waals surface area contributed by atoms with Gasteiger partial charge in [-0.3, -0.25) is 19.8 Å². The Morgan fingerprint density at radius 2 is 1.75 bits per heavy atom. The summed E-state index contributed by atoms with van der Waals surface area (Å²) in [6.45, 7) is 12.2. The van der Waals surface area contributed by atoms with Gasteiger partial charge in [0, 0.05) is 76.0 Å². The molecule has 3 aromatic carbocycles. The first-order valence-electron chi connectivity index (χ1n) is 25.0. The van der Waals surface area contributed by atoms with E-state index < -0.39 is 42.9 Å². The Balaban J connectivity index is 0.951. The summed E-state index contributed by atoms with van der Waals surface area (Å²) in [5.41, 5.74) is 2.84. The predicted octanol–water partition coefficient (Wildman–Crippen LogP) is 9.65. The number of methoxy groups -OCH3 is 1. The molecule has 0 bridgehead atoms. The quantitative estimate of drug-likeness (QED) is 0.0507. The van der Waals surface area contributed by atoms with E-state index in [2.05, 4.69) is 67.9 Å². The number of sulfonamides is 1. The minimum Gasteiger partial charge on any atom is -0.472 e. The SMILES string of the molecule is CO[C@@H](C)COc1nc2[nH]cc(F)c2cc1Oc1cc(N2CCC3(CC2)CN(C2CCC[C@H]2c2ccccc2C(C)C)C3)ccc1C(=O)NS(=O)(=O)c1ccc(NCC2CCC(C)(O)CC2)c([N+](=O)[O-])c1. The summed E-state index contributed by atoms with van der Waals surface area (Å²) in [5, 5.41) is 25.8. The summed E-state index contributed by atoms with van der Waals surface area (Å²) in [5.74, 6) is -0.564. The zero-order valence-corrected chi connectivity index (χ0v) is 42.0. The van der Waals surface area contributed by atoms with E-state index in [0.29, 0.717) is 37.3 Å². The largest absolute Gasteiger partial charge is 0.472 e. The molecule has 18 heteroatoms. The number of halogens is 1. The van der Waals surface area contributed by atoms with Crippen LogP contribution in [0.15, 0.2) is 77.8 Å². The molecule has 1 spiro atoms. The molecule has 2 aromatic heterocycles. The van der Waals surface area contributed by atoms with Gasteiger partial charge < -0.3 is 34.5 Å². The minimum atomic E-state index is -4.69. The standard InChI is InChI=1S/C53H66FN7O9S/c1-33(2)38-9-6-7-10-39(38)40-11-8-12-45(40)60-31-53(32-60)21-23-59(24-22-53)36-13-15-41(47(25-36)70-48-27-42-43(54)29-56-49(42)57-51(48)69-30-34(3)68-5)50(62)58-71(66,67)37-14-16-44(46(26-37)61(64)65)55-28-35-17-19-52(4,63)20-18-35/h6-7,9-10,13-16,25-27,29,33-35,40,45,55,63H,8,11-12,17-24,28,30-32H2,1-5H3,(H,56,57)(H,58,62)/t34-,35?,40-,45?,52?/m0/s1. The van der Waals surface area contributed by atoms with E-state index >= 15 is 4.39 Å². The van der Waals surface area contributed by atoms with Crippen molar-refractivity contribution < 1.29 is 41.8 Å². The van der Waals surface area contributed by atoms with Crippen molar-refractivity contribution >= 4 is 44.0 Å². The molecule has 4 aliphatic rings. The van der Waals surface area contributed by atoms with Gasteiger partial charge in [0.25, 0.3) is 27.5 Å². The molecule has 4 N–H and O–H groups in total. The molecular weight excluding hydrogens is 930 g/mol. The van der Waals surface area contributed by atoms with Crippen molar-refractivity contribution in [2.24, 2.45) is 11.3 Å². The van der Waals surface area contributed by atoms with Gasteiger partial charge in [-0.2, -0.15) is 4.98 Å². The van der Waals surface area contributed by atoms with Crippen molar-refractivity contribution in [2.45, 2.75) is 120 Å². The molecule has 0 radical (unpaired) electrons. The number of nitrogens with one attached hydrogen (secondary N) is 3. The van der Waals surface area contributed by atoms with E-state index in [1.54, 1.807) is 26.0 Å². The van der Waals surface area contributed by atoms with Crippen LogP contribution in [0.4, 0.5) is 21.5 Å². The molecule has 5 aromatic rings. The summed E-state index contributed by atoms with van der Waals surface area (Å²) >= 11 is 0. The van der Waals surface area contributed by atoms with Crippen LogP contribution in [0.25, 0.3) is 11.0 Å². The van der Waals surface area contributed by atoms with E-state index in [9.17, 15) is 28.4 Å². The van der Waals surface area contributed by atoms with Gasteiger partial charge in [-0.05, 0) is 124 Å². The summed E-state index contributed by atoms with van der Waals surface area (Å²) in [6.07, 6.45) is 9.09. The lowest BCUT2D eigenvalue weighted by Gasteiger charge is -2.57. The molecule has 4 heterocycles. The molecule has 9 rings (SSSR count). The molecule has 2 aliphatic carbocycles. The minimum absolute atomic E-state index is 0.0179. The number of piperidine rings is 1. The summed E-state index contributed by atoms with van der Waals surface area (Å²) < 4.78 is 62.9. The number of fused-ring (bicyclic) bond motifs is 1. The van der Waals surface area contributed by atoms with Gasteiger partial charge in [0.1, 0.15) is 29.5 Å². The predicted molar refractivity (Wildman–Crippen MR) is 270 cm³/mol. The Labute approximate surface area is 414 Å². The smallest absolute Gasteiger partial charge is 0.293 e. The fraction of sp³-hybridized carbons (Fsp3) is 0.509. The van der Waals surface area contributed by atoms with Crippen molar-refractivity contribution in [3.63, 3.8) is 0 Å². The summed E-state index contributed by atoms with van der Waals surface area (Å²) in [7, 11) is -3.15. The Morgan fingerprint density at radius 3 is 2.46 bits per heavy atom. The van der Waals surface area contributed by atoms with Crippen LogP contribution in [-0.4, -0.2) is 103 Å². The number of aliphatic hydroxyl groups is 1. The number of carbonyl (C=O) groups is 1. The topological polar surface area (TPSA) is 201 Å². The Morgan fingerprint density at radius 1 is 1.00 bits per heavy atom. The third kappa shape index (κ3) is 10.9. The van der Waals surface area contributed by atoms with Crippen molar-refractivity contribution in [1.82, 2.24) is 19.6 Å². The molecule has 4 fully saturated rings. The average Bonchev–Trinajstić information content (AvgIpc) is 3.97. The molecule has 71 heavy (non-hydrogen) atoms. The number of amides is 1. The third-order valence-electron chi connectivity index (χ3n) is 15.5. The van der Waals surface area contributed by atoms with Gasteiger partial charge in [-0.1, -0.05) is 44.5 Å². The van der Waals surface area contributed by atoms with E-state index in [1.807, 2.05) is 0 Å². The van der Waals surface area contributed by atoms with Crippen molar-refractivity contribution in [2.75, 3.05) is 56.7 Å². The van der Waals surface area contributed by atoms with Crippen LogP contribution in [-0.2, 0) is 14.8 Å². The Kier molecular flexibility index (Phi) is 14.4. The van der Waals surface area contributed by atoms with Crippen molar-refractivity contribution in [1.29, 1.82) is 0 Å². The number of pyridine rings is 1. The maximum atomic E-state index is 15.1. The number of H-pyrrole nitrogens is 1. The number of aromatic nitrogens is 2. The molecule has 2 saturated heterocycles. The highest BCUT2D eigenvalue weighted by Crippen LogP contribution is 2.49. The van der Waals surface area contributed by atoms with E-state index in [-0.39, 0.29) is 63.7 Å². The van der Waals surface area contributed by atoms with Crippen LogP contribution in [0, 0.1) is 27.3 Å². The first kappa shape index (κ1) is 50.1. The highest BCUT2D eigenvalue weighted by atomic mass is 32.2. The van der Waals surface area contributed by atoms with Crippen LogP contribution in [0.3, 0.4) is 0 Å². The monoisotopic (exact) mass is 995 g/mol. The van der Waals surface area contributed by atoms with Gasteiger partial charge in [-0.25, -0.2) is 17.5 Å². The van der Waals surface area contributed by atoms with E-state index in [0.717, 1.165) is 69.8 Å². The van der Waals surface area contributed by atoms with Crippen LogP contribution >= 0.6 is 0 Å². The molecule has 1 amide bonds. The molecular formula is C53H66FN7O9S. The lowest BCUT2D eigenvalue weighted by atomic mass is 9.70. The number of likely N-dealkylation sites (tertiary alicyclic amines) is 1. The molecule has 2 saturated carbocycles. The second kappa shape index (κ2) is 20.4. The van der Waals surface area contributed by atoms with Crippen LogP contribution in [0.1, 0.15) is 119 Å². The summed E-state index contributed by atoms with van der Waals surface area (Å²) in [6, 6.07) is 19.2. The second-order valence-electron chi connectivity index (χ2n) is 20.9. The number of ether oxygens (including phenoxy) is 3. The van der Waals surface area contributed by atoms with Crippen LogP contribution in [0.5, 0.6) is 17.4 Å². The first-order chi connectivity index (χ1) is 33.9. The summed E-state index contributed by atoms with van der Waals surface area (Å²) in [4.78, 5) is 37.6. The van der Waals surface area contributed by atoms with Gasteiger partial charge in [0.2, 0.25) is 0 Å². The second-order valence-corrected chi connectivity index (χ2v) is 22.6. The highest BCUT2D eigenvalue weighted by molar-refractivity contribution is 7.90. The van der Waals surface area contributed by atoms with Gasteiger partial charge in [0.05, 0.1) is 32.5 Å². The molecule has 2 aliphatic heterocycles. The Hall–Kier alpha value is -5.82. The highest BCUT2D eigenvalue weighted by Gasteiger charge is 2.49. The number of nitro groups is 1. The molecule has 16 nitrogen and oxygen atoms in total. The van der Waals surface area contributed by atoms with Crippen LogP contribution < -0.4 is 24.4 Å². The maximum Gasteiger partial charge on any atom is 0.293 e. The lowest BCUT2D eigenvalue weighted by molar-refractivity contribution is -0.384. The fourth-order valence-corrected chi connectivity index (χ4v) is 12.2. The van der Waals surface area contributed by atoms with Crippen LogP contribution in [0.2, 0.25) is 0 Å². The number of hydrogen-bond donors (Lipinski definition) is 4. The Bertz CT molecular complexity index is 2870. The lowest BCUT2D eigenvalue weighted by Crippen LogP contribution is -2.63. The molecule has 3 atom stereocenters. The van der Waals surface area contributed by atoms with Gasteiger partial charge in [-0.15, -0.1) is 0 Å². The fourth-order valence-electron chi connectivity index (χ4n) is 11.2. The van der Waals surface area contributed by atoms with E-state index in [1.165, 1.54) is 61.8 Å². The zero-order chi connectivity index (χ0) is 50.2. The first-order valence-corrected chi connectivity index (χ1v) is 26.4. The number of benzene rings is 3. The number of nitrogens with zero attached hydrogens (tertiary/aromatic N) is 4. The van der Waals surface area contributed by atoms with Crippen molar-refractivity contribution in [3.8, 4) is 17.4 Å². The molecule has 1 unspecified atom stereocenters. The number of nitro benzene ring substituents is 1. The molecule has 380 valence electrons. The average molecular weight is 996 g/mol. The van der Waals surface area contributed by atoms with Gasteiger partial charge in [0.15, 0.2) is 5.75 Å². The number of hydrogen-bond acceptors (Lipinski definition) is 13. The van der Waals surface area contributed by atoms with Gasteiger partial charge >= 0.3 is 0 Å². The zero-order valence-electron chi connectivity index (χ0n) is 41.2. The van der Waals surface area contributed by atoms with E-state index in [4.69, 9.17) is 14.2 Å². The number of anilines is 2. The third-order valence-corrected chi connectivity index (χ3v) is 16.9. The number of aromatic amines is 1.